The Hall–Kier alpha value is -3.10. The maximum Gasteiger partial charge on any atom is 0.271 e. The standard InChI is InChI=1S/C12H11N7O2/c20-10-5-4-9(14-15-10)12(21)13-8-3-1-2-7(6-8)11-16-18-19-17-11/h1-3,6H,4-5H2,(H,13,21)(H,15,20)(H,16,17,18,19). The summed E-state index contributed by atoms with van der Waals surface area (Å²) in [6, 6.07) is 7.04. The summed E-state index contributed by atoms with van der Waals surface area (Å²) in [5.41, 5.74) is 3.89. The van der Waals surface area contributed by atoms with E-state index in [2.05, 4.69) is 36.5 Å². The number of H-pyrrole nitrogens is 1. The molecule has 1 aromatic carbocycles. The topological polar surface area (TPSA) is 125 Å². The van der Waals surface area contributed by atoms with E-state index in [1.165, 1.54) is 0 Å². The number of benzene rings is 1. The third kappa shape index (κ3) is 2.91. The second-order valence-corrected chi connectivity index (χ2v) is 4.36. The van der Waals surface area contributed by atoms with Gasteiger partial charge in [-0.1, -0.05) is 12.1 Å². The molecular formula is C12H11N7O2. The fraction of sp³-hybridized carbons (Fsp3) is 0.167. The van der Waals surface area contributed by atoms with E-state index >= 15 is 0 Å². The Kier molecular flexibility index (Phi) is 3.37. The predicted molar refractivity (Wildman–Crippen MR) is 73.1 cm³/mol. The van der Waals surface area contributed by atoms with E-state index in [1.807, 2.05) is 0 Å². The summed E-state index contributed by atoms with van der Waals surface area (Å²) in [6.07, 6.45) is 0.581. The molecule has 2 amide bonds. The third-order valence-corrected chi connectivity index (χ3v) is 2.89. The number of anilines is 1. The molecule has 9 nitrogen and oxygen atoms in total. The number of carbonyl (C=O) groups is 2. The van der Waals surface area contributed by atoms with Crippen LogP contribution >= 0.6 is 0 Å². The Morgan fingerprint density at radius 2 is 2.19 bits per heavy atom. The molecule has 21 heavy (non-hydrogen) atoms. The van der Waals surface area contributed by atoms with Gasteiger partial charge < -0.3 is 5.32 Å². The highest BCUT2D eigenvalue weighted by Crippen LogP contribution is 2.18. The molecular weight excluding hydrogens is 274 g/mol. The number of aromatic amines is 1. The van der Waals surface area contributed by atoms with Crippen LogP contribution in [0.2, 0.25) is 0 Å². The van der Waals surface area contributed by atoms with Crippen molar-refractivity contribution in [3.05, 3.63) is 24.3 Å². The number of hydrogen-bond acceptors (Lipinski definition) is 6. The van der Waals surface area contributed by atoms with E-state index in [0.29, 0.717) is 23.6 Å². The van der Waals surface area contributed by atoms with Crippen molar-refractivity contribution >= 4 is 23.2 Å². The van der Waals surface area contributed by atoms with Crippen molar-refractivity contribution in [3.63, 3.8) is 0 Å². The fourth-order valence-corrected chi connectivity index (χ4v) is 1.86. The first-order chi connectivity index (χ1) is 10.2. The lowest BCUT2D eigenvalue weighted by atomic mass is 10.1. The average molecular weight is 285 g/mol. The molecule has 2 heterocycles. The van der Waals surface area contributed by atoms with Crippen LogP contribution in [0.1, 0.15) is 12.8 Å². The van der Waals surface area contributed by atoms with Gasteiger partial charge in [-0.15, -0.1) is 10.2 Å². The molecule has 0 fully saturated rings. The van der Waals surface area contributed by atoms with Gasteiger partial charge in [0.2, 0.25) is 11.7 Å². The number of hydrazone groups is 1. The van der Waals surface area contributed by atoms with E-state index in [1.54, 1.807) is 24.3 Å². The van der Waals surface area contributed by atoms with E-state index in [4.69, 9.17) is 0 Å². The zero-order valence-electron chi connectivity index (χ0n) is 10.8. The lowest BCUT2D eigenvalue weighted by Gasteiger charge is -2.12. The number of amides is 2. The van der Waals surface area contributed by atoms with Crippen molar-refractivity contribution in [2.45, 2.75) is 12.8 Å². The number of carbonyl (C=O) groups excluding carboxylic acids is 2. The second-order valence-electron chi connectivity index (χ2n) is 4.36. The van der Waals surface area contributed by atoms with Gasteiger partial charge in [-0.3, -0.25) is 9.59 Å². The zero-order valence-corrected chi connectivity index (χ0v) is 10.8. The average Bonchev–Trinajstić information content (AvgIpc) is 3.02. The van der Waals surface area contributed by atoms with Crippen LogP contribution in [0.25, 0.3) is 11.4 Å². The van der Waals surface area contributed by atoms with Crippen molar-refractivity contribution in [3.8, 4) is 11.4 Å². The van der Waals surface area contributed by atoms with Crippen molar-refractivity contribution in [2.24, 2.45) is 5.10 Å². The Labute approximate surface area is 118 Å². The summed E-state index contributed by atoms with van der Waals surface area (Å²) in [6.45, 7) is 0. The summed E-state index contributed by atoms with van der Waals surface area (Å²) in [7, 11) is 0. The molecule has 0 spiro atoms. The summed E-state index contributed by atoms with van der Waals surface area (Å²) in [4.78, 5) is 23.0. The zero-order chi connectivity index (χ0) is 14.7. The van der Waals surface area contributed by atoms with Crippen LogP contribution in [0.3, 0.4) is 0 Å². The normalized spacial score (nSPS) is 14.3. The Morgan fingerprint density at radius 1 is 1.29 bits per heavy atom. The highest BCUT2D eigenvalue weighted by atomic mass is 16.2. The minimum atomic E-state index is -0.347. The van der Waals surface area contributed by atoms with Crippen LogP contribution in [0.15, 0.2) is 29.4 Å². The van der Waals surface area contributed by atoms with Crippen molar-refractivity contribution in [1.82, 2.24) is 26.0 Å². The molecule has 3 N–H and O–H groups in total. The van der Waals surface area contributed by atoms with E-state index < -0.39 is 0 Å². The van der Waals surface area contributed by atoms with Crippen LogP contribution in [-0.2, 0) is 9.59 Å². The fourth-order valence-electron chi connectivity index (χ4n) is 1.86. The molecule has 0 unspecified atom stereocenters. The molecule has 0 saturated carbocycles. The van der Waals surface area contributed by atoms with Gasteiger partial charge in [0.1, 0.15) is 5.71 Å². The smallest absolute Gasteiger partial charge is 0.271 e. The highest BCUT2D eigenvalue weighted by Gasteiger charge is 2.18. The summed E-state index contributed by atoms with van der Waals surface area (Å²) >= 11 is 0. The number of rotatable bonds is 3. The molecule has 9 heteroatoms. The monoisotopic (exact) mass is 285 g/mol. The molecule has 0 aliphatic carbocycles. The number of nitrogens with one attached hydrogen (secondary N) is 3. The first-order valence-electron chi connectivity index (χ1n) is 6.23. The highest BCUT2D eigenvalue weighted by molar-refractivity contribution is 6.43. The Bertz CT molecular complexity index is 708. The van der Waals surface area contributed by atoms with E-state index in [-0.39, 0.29) is 18.2 Å². The number of hydrogen-bond donors (Lipinski definition) is 3. The van der Waals surface area contributed by atoms with Crippen LogP contribution in [0.4, 0.5) is 5.69 Å². The SMILES string of the molecule is O=C1CCC(C(=O)Nc2cccc(-c3nn[nH]n3)c2)=NN1. The van der Waals surface area contributed by atoms with Gasteiger partial charge in [-0.2, -0.15) is 10.3 Å². The van der Waals surface area contributed by atoms with E-state index in [0.717, 1.165) is 5.56 Å². The molecule has 3 rings (SSSR count). The van der Waals surface area contributed by atoms with Crippen LogP contribution in [0, 0.1) is 0 Å². The largest absolute Gasteiger partial charge is 0.321 e. The molecule has 106 valence electrons. The van der Waals surface area contributed by atoms with Crippen molar-refractivity contribution < 1.29 is 9.59 Å². The molecule has 0 radical (unpaired) electrons. The van der Waals surface area contributed by atoms with Gasteiger partial charge in [-0.25, -0.2) is 5.43 Å². The third-order valence-electron chi connectivity index (χ3n) is 2.89. The lowest BCUT2D eigenvalue weighted by molar-refractivity contribution is -0.121. The van der Waals surface area contributed by atoms with Gasteiger partial charge in [0.25, 0.3) is 5.91 Å². The maximum absolute atomic E-state index is 12.0. The van der Waals surface area contributed by atoms with Crippen LogP contribution in [0.5, 0.6) is 0 Å². The maximum atomic E-state index is 12.0. The molecule has 1 aliphatic heterocycles. The van der Waals surface area contributed by atoms with Crippen molar-refractivity contribution in [1.29, 1.82) is 0 Å². The van der Waals surface area contributed by atoms with Crippen LogP contribution < -0.4 is 10.7 Å². The van der Waals surface area contributed by atoms with Crippen LogP contribution in [-0.4, -0.2) is 38.2 Å². The second kappa shape index (κ2) is 5.49. The van der Waals surface area contributed by atoms with Gasteiger partial charge >= 0.3 is 0 Å². The number of nitrogens with zero attached hydrogens (tertiary/aromatic N) is 4. The molecule has 0 atom stereocenters. The van der Waals surface area contributed by atoms with Gasteiger partial charge in [0.15, 0.2) is 0 Å². The van der Waals surface area contributed by atoms with Gasteiger partial charge in [0, 0.05) is 24.1 Å². The molecule has 1 aromatic heterocycles. The Morgan fingerprint density at radius 3 is 2.90 bits per heavy atom. The summed E-state index contributed by atoms with van der Waals surface area (Å²) in [5.74, 6) is -0.0979. The lowest BCUT2D eigenvalue weighted by Crippen LogP contribution is -2.32. The number of aromatic nitrogens is 4. The van der Waals surface area contributed by atoms with Crippen molar-refractivity contribution in [2.75, 3.05) is 5.32 Å². The van der Waals surface area contributed by atoms with Gasteiger partial charge in [0.05, 0.1) is 0 Å². The summed E-state index contributed by atoms with van der Waals surface area (Å²) in [5, 5.41) is 20.1. The quantitative estimate of drug-likeness (QED) is 0.736. The molecule has 2 aromatic rings. The Balaban J connectivity index is 1.75. The van der Waals surface area contributed by atoms with E-state index in [9.17, 15) is 9.59 Å². The number of tetrazole rings is 1. The first-order valence-corrected chi connectivity index (χ1v) is 6.23. The minimum absolute atomic E-state index is 0.189. The molecule has 1 aliphatic rings. The first kappa shape index (κ1) is 12.9. The minimum Gasteiger partial charge on any atom is -0.321 e. The predicted octanol–water partition coefficient (Wildman–Crippen LogP) is 0.0712. The summed E-state index contributed by atoms with van der Waals surface area (Å²) < 4.78 is 0. The molecule has 0 saturated heterocycles. The van der Waals surface area contributed by atoms with Gasteiger partial charge in [-0.05, 0) is 17.3 Å². The molecule has 0 bridgehead atoms.